The van der Waals surface area contributed by atoms with Gasteiger partial charge in [0.25, 0.3) is 0 Å². The summed E-state index contributed by atoms with van der Waals surface area (Å²) in [5.74, 6) is 0. The summed E-state index contributed by atoms with van der Waals surface area (Å²) in [4.78, 5) is 0. The van der Waals surface area contributed by atoms with Crippen molar-refractivity contribution < 1.29 is 0 Å². The van der Waals surface area contributed by atoms with E-state index < -0.39 is 0 Å². The van der Waals surface area contributed by atoms with Gasteiger partial charge < -0.3 is 0 Å². The normalized spacial score (nSPS) is 11.8. The lowest BCUT2D eigenvalue weighted by atomic mass is 10.1. The third-order valence-electron chi connectivity index (χ3n) is 2.68. The SMILES string of the molecule is [CH2+]CCCCC/C=C/CC/C=C/CCCC. The van der Waals surface area contributed by atoms with Crippen molar-refractivity contribution in [2.24, 2.45) is 0 Å². The number of rotatable bonds is 11. The molecule has 0 saturated carbocycles. The first-order valence-electron chi connectivity index (χ1n) is 7.01. The summed E-state index contributed by atoms with van der Waals surface area (Å²) in [6, 6.07) is 0. The van der Waals surface area contributed by atoms with E-state index in [-0.39, 0.29) is 0 Å². The minimum absolute atomic E-state index is 1.09. The summed E-state index contributed by atoms with van der Waals surface area (Å²) < 4.78 is 0. The van der Waals surface area contributed by atoms with E-state index in [1.54, 1.807) is 0 Å². The topological polar surface area (TPSA) is 0 Å². The maximum absolute atomic E-state index is 3.85. The fraction of sp³-hybridized carbons (Fsp3) is 0.688. The van der Waals surface area contributed by atoms with Crippen molar-refractivity contribution in [2.45, 2.75) is 71.1 Å². The molecule has 0 amide bonds. The van der Waals surface area contributed by atoms with Crippen molar-refractivity contribution >= 4 is 0 Å². The molecule has 0 atom stereocenters. The molecular formula is C16H29+. The molecule has 0 rings (SSSR count). The Kier molecular flexibility index (Phi) is 13.8. The van der Waals surface area contributed by atoms with Crippen LogP contribution in [0.15, 0.2) is 24.3 Å². The summed E-state index contributed by atoms with van der Waals surface area (Å²) in [6.45, 7) is 6.09. The van der Waals surface area contributed by atoms with Gasteiger partial charge in [-0.1, -0.05) is 44.1 Å². The third kappa shape index (κ3) is 13.4. The lowest BCUT2D eigenvalue weighted by Crippen LogP contribution is -1.74. The molecule has 0 aromatic heterocycles. The molecule has 0 heterocycles. The van der Waals surface area contributed by atoms with Gasteiger partial charge in [0, 0.05) is 0 Å². The maximum atomic E-state index is 3.85. The third-order valence-corrected chi connectivity index (χ3v) is 2.68. The molecule has 0 heteroatoms. The molecule has 0 aliphatic carbocycles. The minimum Gasteiger partial charge on any atom is -0.0885 e. The Bertz CT molecular complexity index is 165. The Hall–Kier alpha value is -0.650. The van der Waals surface area contributed by atoms with Crippen LogP contribution in [0.2, 0.25) is 0 Å². The zero-order valence-electron chi connectivity index (χ0n) is 11.1. The summed E-state index contributed by atoms with van der Waals surface area (Å²) in [6.07, 6.45) is 21.9. The first kappa shape index (κ1) is 15.3. The summed E-state index contributed by atoms with van der Waals surface area (Å²) in [7, 11) is 0. The molecule has 0 aliphatic heterocycles. The molecule has 0 N–H and O–H groups in total. The molecule has 0 aromatic rings. The number of hydrogen-bond acceptors (Lipinski definition) is 0. The van der Waals surface area contributed by atoms with E-state index in [1.165, 1.54) is 57.8 Å². The van der Waals surface area contributed by atoms with Crippen molar-refractivity contribution in [3.8, 4) is 0 Å². The first-order valence-corrected chi connectivity index (χ1v) is 7.01. The first-order chi connectivity index (χ1) is 7.91. The van der Waals surface area contributed by atoms with Gasteiger partial charge in [-0.05, 0) is 44.9 Å². The van der Waals surface area contributed by atoms with Gasteiger partial charge >= 0.3 is 0 Å². The van der Waals surface area contributed by atoms with E-state index in [4.69, 9.17) is 0 Å². The van der Waals surface area contributed by atoms with Crippen molar-refractivity contribution in [1.82, 2.24) is 0 Å². The Morgan fingerprint density at radius 3 is 1.81 bits per heavy atom. The molecule has 0 nitrogen and oxygen atoms in total. The smallest absolute Gasteiger partial charge is 0.0850 e. The van der Waals surface area contributed by atoms with E-state index in [0.29, 0.717) is 0 Å². The maximum Gasteiger partial charge on any atom is 0.0850 e. The Labute approximate surface area is 103 Å². The van der Waals surface area contributed by atoms with Crippen molar-refractivity contribution in [3.63, 3.8) is 0 Å². The predicted octanol–water partition coefficient (Wildman–Crippen LogP) is 5.85. The molecular weight excluding hydrogens is 192 g/mol. The van der Waals surface area contributed by atoms with Crippen molar-refractivity contribution in [1.29, 1.82) is 0 Å². The fourth-order valence-electron chi connectivity index (χ4n) is 1.60. The monoisotopic (exact) mass is 221 g/mol. The van der Waals surface area contributed by atoms with Gasteiger partial charge in [0.2, 0.25) is 0 Å². The lowest BCUT2D eigenvalue weighted by Gasteiger charge is -1.92. The molecule has 16 heavy (non-hydrogen) atoms. The van der Waals surface area contributed by atoms with Crippen LogP contribution < -0.4 is 0 Å². The van der Waals surface area contributed by atoms with Gasteiger partial charge in [-0.15, -0.1) is 0 Å². The van der Waals surface area contributed by atoms with Gasteiger partial charge in [-0.25, -0.2) is 0 Å². The predicted molar refractivity (Wildman–Crippen MR) is 75.5 cm³/mol. The van der Waals surface area contributed by atoms with Gasteiger partial charge in [0.15, 0.2) is 0 Å². The van der Waals surface area contributed by atoms with Crippen LogP contribution >= 0.6 is 0 Å². The van der Waals surface area contributed by atoms with Crippen LogP contribution in [0.25, 0.3) is 0 Å². The van der Waals surface area contributed by atoms with Crippen molar-refractivity contribution in [3.05, 3.63) is 31.2 Å². The van der Waals surface area contributed by atoms with Crippen LogP contribution in [-0.4, -0.2) is 0 Å². The average Bonchev–Trinajstić information content (AvgIpc) is 2.31. The molecule has 0 radical (unpaired) electrons. The standard InChI is InChI=1S/C16H29/c1-3-5-7-9-11-13-15-16-14-12-10-8-6-4-2/h10,12-13,15H,1,3-9,11,14,16H2,2H3/q+1/b12-10+,15-13+. The second kappa shape index (κ2) is 14.3. The number of unbranched alkanes of at least 4 members (excludes halogenated alkanes) is 7. The molecule has 0 fully saturated rings. The highest BCUT2D eigenvalue weighted by Gasteiger charge is 1.86. The summed E-state index contributed by atoms with van der Waals surface area (Å²) in [5, 5.41) is 0. The zero-order valence-corrected chi connectivity index (χ0v) is 11.1. The van der Waals surface area contributed by atoms with Crippen LogP contribution in [0.4, 0.5) is 0 Å². The molecule has 0 saturated heterocycles. The van der Waals surface area contributed by atoms with E-state index in [1.807, 2.05) is 0 Å². The Balaban J connectivity index is 3.12. The molecule has 0 aliphatic rings. The number of hydrogen-bond donors (Lipinski definition) is 0. The average molecular weight is 221 g/mol. The highest BCUT2D eigenvalue weighted by atomic mass is 13.9. The lowest BCUT2D eigenvalue weighted by molar-refractivity contribution is 0.694. The van der Waals surface area contributed by atoms with E-state index >= 15 is 0 Å². The highest BCUT2D eigenvalue weighted by molar-refractivity contribution is 4.87. The quantitative estimate of drug-likeness (QED) is 0.233. The van der Waals surface area contributed by atoms with Crippen LogP contribution in [-0.2, 0) is 0 Å². The summed E-state index contributed by atoms with van der Waals surface area (Å²) >= 11 is 0. The molecule has 0 spiro atoms. The molecule has 92 valence electrons. The van der Waals surface area contributed by atoms with Crippen molar-refractivity contribution in [2.75, 3.05) is 0 Å². The van der Waals surface area contributed by atoms with Crippen LogP contribution in [0, 0.1) is 6.92 Å². The second-order valence-electron chi connectivity index (χ2n) is 4.37. The van der Waals surface area contributed by atoms with Gasteiger partial charge in [0.05, 0.1) is 13.3 Å². The Morgan fingerprint density at radius 1 is 0.688 bits per heavy atom. The molecule has 0 aromatic carbocycles. The van der Waals surface area contributed by atoms with Crippen LogP contribution in [0.5, 0.6) is 0 Å². The van der Waals surface area contributed by atoms with Crippen LogP contribution in [0.1, 0.15) is 71.1 Å². The van der Waals surface area contributed by atoms with E-state index in [2.05, 4.69) is 38.2 Å². The van der Waals surface area contributed by atoms with Crippen LogP contribution in [0.3, 0.4) is 0 Å². The highest BCUT2D eigenvalue weighted by Crippen LogP contribution is 2.04. The molecule has 0 unspecified atom stereocenters. The minimum atomic E-state index is 1.09. The Morgan fingerprint density at radius 2 is 1.25 bits per heavy atom. The van der Waals surface area contributed by atoms with Gasteiger partial charge in [0.1, 0.15) is 0 Å². The largest absolute Gasteiger partial charge is 0.0885 e. The number of allylic oxidation sites excluding steroid dienone is 4. The zero-order chi connectivity index (χ0) is 11.9. The second-order valence-corrected chi connectivity index (χ2v) is 4.37. The fourth-order valence-corrected chi connectivity index (χ4v) is 1.60. The molecule has 0 bridgehead atoms. The van der Waals surface area contributed by atoms with Gasteiger partial charge in [-0.3, -0.25) is 0 Å². The summed E-state index contributed by atoms with van der Waals surface area (Å²) in [5.41, 5.74) is 0. The van der Waals surface area contributed by atoms with Gasteiger partial charge in [-0.2, -0.15) is 0 Å². The van der Waals surface area contributed by atoms with E-state index in [0.717, 1.165) is 6.42 Å². The van der Waals surface area contributed by atoms with E-state index in [9.17, 15) is 0 Å².